The van der Waals surface area contributed by atoms with Gasteiger partial charge in [0.05, 0.1) is 0 Å². The quantitative estimate of drug-likeness (QED) is 0.869. The van der Waals surface area contributed by atoms with E-state index in [1.165, 1.54) is 38.6 Å². The number of carbonyl (C=O) groups is 1. The van der Waals surface area contributed by atoms with Crippen LogP contribution >= 0.6 is 0 Å². The summed E-state index contributed by atoms with van der Waals surface area (Å²) in [6.45, 7) is 10.3. The Kier molecular flexibility index (Phi) is 5.93. The van der Waals surface area contributed by atoms with Crippen LogP contribution in [-0.4, -0.2) is 71.1 Å². The van der Waals surface area contributed by atoms with Crippen LogP contribution < -0.4 is 5.32 Å². The number of fused-ring (bicyclic) bond motifs is 1. The van der Waals surface area contributed by atoms with E-state index >= 15 is 0 Å². The first kappa shape index (κ1) is 19.7. The average molecular weight is 385 g/mol. The summed E-state index contributed by atoms with van der Waals surface area (Å²) in [6.07, 6.45) is 6.89. The third kappa shape index (κ3) is 4.36. The van der Waals surface area contributed by atoms with Crippen LogP contribution in [0.2, 0.25) is 0 Å². The number of hydrogen-bond acceptors (Lipinski definition) is 3. The van der Waals surface area contributed by atoms with E-state index in [1.807, 2.05) is 18.2 Å². The lowest BCUT2D eigenvalue weighted by atomic mass is 9.90. The minimum Gasteiger partial charge on any atom is -0.334 e. The van der Waals surface area contributed by atoms with Crippen LogP contribution in [0.5, 0.6) is 0 Å². The Labute approximate surface area is 170 Å². The molecular weight excluding hydrogens is 348 g/mol. The molecule has 1 unspecified atom stereocenters. The average Bonchev–Trinajstić information content (AvgIpc) is 2.72. The molecule has 2 amide bonds. The molecule has 3 fully saturated rings. The highest BCUT2D eigenvalue weighted by molar-refractivity contribution is 5.74. The van der Waals surface area contributed by atoms with E-state index in [4.69, 9.17) is 0 Å². The molecule has 0 spiro atoms. The lowest BCUT2D eigenvalue weighted by molar-refractivity contribution is -0.0641. The SMILES string of the molecule is CC1(C)CN(C(=O)NCc2ccccc2)CC2CN(C3CCCCC3)CCN21. The van der Waals surface area contributed by atoms with Gasteiger partial charge in [-0.1, -0.05) is 49.6 Å². The largest absolute Gasteiger partial charge is 0.334 e. The van der Waals surface area contributed by atoms with Gasteiger partial charge in [-0.25, -0.2) is 4.79 Å². The molecule has 0 aromatic heterocycles. The van der Waals surface area contributed by atoms with Gasteiger partial charge in [0.15, 0.2) is 0 Å². The maximum Gasteiger partial charge on any atom is 0.317 e. The summed E-state index contributed by atoms with van der Waals surface area (Å²) in [6, 6.07) is 11.5. The zero-order valence-electron chi connectivity index (χ0n) is 17.6. The topological polar surface area (TPSA) is 38.8 Å². The van der Waals surface area contributed by atoms with E-state index in [0.717, 1.165) is 37.8 Å². The van der Waals surface area contributed by atoms with Gasteiger partial charge in [-0.05, 0) is 32.3 Å². The lowest BCUT2D eigenvalue weighted by Gasteiger charge is -2.56. The van der Waals surface area contributed by atoms with Crippen LogP contribution in [-0.2, 0) is 6.54 Å². The first-order chi connectivity index (χ1) is 13.5. The van der Waals surface area contributed by atoms with Crippen molar-refractivity contribution in [3.05, 3.63) is 35.9 Å². The summed E-state index contributed by atoms with van der Waals surface area (Å²) in [5.74, 6) is 0. The lowest BCUT2D eigenvalue weighted by Crippen LogP contribution is -2.71. The molecular formula is C23H36N4O. The molecule has 1 N–H and O–H groups in total. The van der Waals surface area contributed by atoms with E-state index in [2.05, 4.69) is 46.0 Å². The van der Waals surface area contributed by atoms with Gasteiger partial charge in [-0.15, -0.1) is 0 Å². The van der Waals surface area contributed by atoms with Gasteiger partial charge in [0.25, 0.3) is 0 Å². The second-order valence-electron chi connectivity index (χ2n) is 9.47. The molecule has 1 atom stereocenters. The Bertz CT molecular complexity index is 656. The molecule has 1 aromatic rings. The third-order valence-electron chi connectivity index (χ3n) is 6.97. The number of piperazine rings is 2. The molecule has 5 heteroatoms. The number of rotatable bonds is 3. The summed E-state index contributed by atoms with van der Waals surface area (Å²) >= 11 is 0. The van der Waals surface area contributed by atoms with Gasteiger partial charge in [-0.2, -0.15) is 0 Å². The van der Waals surface area contributed by atoms with Gasteiger partial charge >= 0.3 is 6.03 Å². The molecule has 1 aromatic carbocycles. The van der Waals surface area contributed by atoms with Crippen molar-refractivity contribution in [2.24, 2.45) is 0 Å². The number of benzene rings is 1. The Balaban J connectivity index is 1.38. The van der Waals surface area contributed by atoms with Crippen molar-refractivity contribution in [2.75, 3.05) is 32.7 Å². The summed E-state index contributed by atoms with van der Waals surface area (Å²) in [4.78, 5) is 20.3. The molecule has 4 rings (SSSR count). The first-order valence-corrected chi connectivity index (χ1v) is 11.1. The van der Waals surface area contributed by atoms with E-state index in [-0.39, 0.29) is 11.6 Å². The Morgan fingerprint density at radius 2 is 1.79 bits per heavy atom. The fourth-order valence-electron chi connectivity index (χ4n) is 5.53. The van der Waals surface area contributed by atoms with Crippen LogP contribution in [0, 0.1) is 0 Å². The van der Waals surface area contributed by atoms with Gasteiger partial charge in [-0.3, -0.25) is 9.80 Å². The standard InChI is InChI=1S/C23H36N4O/c1-23(2)18-26(22(28)24-15-19-9-5-3-6-10-19)17-21-16-25(13-14-27(21)23)20-11-7-4-8-12-20/h3,5-6,9-10,20-21H,4,7-8,11-18H2,1-2H3,(H,24,28). The highest BCUT2D eigenvalue weighted by atomic mass is 16.2. The second-order valence-corrected chi connectivity index (χ2v) is 9.47. The number of nitrogens with one attached hydrogen (secondary N) is 1. The maximum absolute atomic E-state index is 12.9. The molecule has 1 saturated carbocycles. The molecule has 28 heavy (non-hydrogen) atoms. The monoisotopic (exact) mass is 384 g/mol. The Morgan fingerprint density at radius 1 is 1.04 bits per heavy atom. The summed E-state index contributed by atoms with van der Waals surface area (Å²) < 4.78 is 0. The van der Waals surface area contributed by atoms with Crippen molar-refractivity contribution >= 4 is 6.03 Å². The second kappa shape index (κ2) is 8.42. The summed E-state index contributed by atoms with van der Waals surface area (Å²) in [7, 11) is 0. The predicted molar refractivity (Wildman–Crippen MR) is 113 cm³/mol. The van der Waals surface area contributed by atoms with Crippen molar-refractivity contribution < 1.29 is 4.79 Å². The fraction of sp³-hybridized carbons (Fsp3) is 0.696. The normalized spacial score (nSPS) is 26.6. The minimum absolute atomic E-state index is 0.0334. The van der Waals surface area contributed by atoms with Crippen molar-refractivity contribution in [1.82, 2.24) is 20.0 Å². The van der Waals surface area contributed by atoms with Crippen LogP contribution in [0.3, 0.4) is 0 Å². The molecule has 0 bridgehead atoms. The number of carbonyl (C=O) groups excluding carboxylic acids is 1. The Hall–Kier alpha value is -1.59. The van der Waals surface area contributed by atoms with Crippen LogP contribution in [0.25, 0.3) is 0 Å². The molecule has 154 valence electrons. The zero-order valence-corrected chi connectivity index (χ0v) is 17.6. The van der Waals surface area contributed by atoms with Gasteiger partial charge in [0.2, 0.25) is 0 Å². The highest BCUT2D eigenvalue weighted by Gasteiger charge is 2.44. The molecule has 2 heterocycles. The van der Waals surface area contributed by atoms with Crippen LogP contribution in [0.4, 0.5) is 4.79 Å². The number of nitrogens with zero attached hydrogens (tertiary/aromatic N) is 3. The van der Waals surface area contributed by atoms with Gasteiger partial charge < -0.3 is 10.2 Å². The number of amides is 2. The molecule has 3 aliphatic rings. The van der Waals surface area contributed by atoms with Crippen molar-refractivity contribution in [3.63, 3.8) is 0 Å². The predicted octanol–water partition coefficient (Wildman–Crippen LogP) is 3.31. The van der Waals surface area contributed by atoms with E-state index in [0.29, 0.717) is 12.6 Å². The molecule has 1 aliphatic carbocycles. The highest BCUT2D eigenvalue weighted by Crippen LogP contribution is 2.31. The minimum atomic E-state index is 0.0334. The van der Waals surface area contributed by atoms with Crippen molar-refractivity contribution in [1.29, 1.82) is 0 Å². The molecule has 5 nitrogen and oxygen atoms in total. The van der Waals surface area contributed by atoms with Crippen LogP contribution in [0.1, 0.15) is 51.5 Å². The molecule has 2 saturated heterocycles. The zero-order chi connectivity index (χ0) is 19.6. The van der Waals surface area contributed by atoms with E-state index < -0.39 is 0 Å². The third-order valence-corrected chi connectivity index (χ3v) is 6.97. The fourth-order valence-corrected chi connectivity index (χ4v) is 5.53. The number of urea groups is 1. The summed E-state index contributed by atoms with van der Waals surface area (Å²) in [5.41, 5.74) is 1.18. The van der Waals surface area contributed by atoms with E-state index in [9.17, 15) is 4.79 Å². The molecule has 0 radical (unpaired) electrons. The summed E-state index contributed by atoms with van der Waals surface area (Å²) in [5, 5.41) is 3.13. The first-order valence-electron chi connectivity index (χ1n) is 11.1. The van der Waals surface area contributed by atoms with E-state index in [1.54, 1.807) is 0 Å². The maximum atomic E-state index is 12.9. The number of hydrogen-bond donors (Lipinski definition) is 1. The molecule has 2 aliphatic heterocycles. The Morgan fingerprint density at radius 3 is 2.54 bits per heavy atom. The van der Waals surface area contributed by atoms with Crippen LogP contribution in [0.15, 0.2) is 30.3 Å². The smallest absolute Gasteiger partial charge is 0.317 e. The van der Waals surface area contributed by atoms with Gasteiger partial charge in [0.1, 0.15) is 0 Å². The van der Waals surface area contributed by atoms with Crippen molar-refractivity contribution in [3.8, 4) is 0 Å². The van der Waals surface area contributed by atoms with Gasteiger partial charge in [0, 0.05) is 56.9 Å². The van der Waals surface area contributed by atoms with Crippen molar-refractivity contribution in [2.45, 2.75) is 70.1 Å².